The van der Waals surface area contributed by atoms with Crippen molar-refractivity contribution in [2.24, 2.45) is 5.73 Å². The van der Waals surface area contributed by atoms with Gasteiger partial charge in [-0.3, -0.25) is 0 Å². The molecule has 8 heteroatoms. The van der Waals surface area contributed by atoms with E-state index in [1.165, 1.54) is 17.1 Å². The molecule has 0 aliphatic heterocycles. The highest BCUT2D eigenvalue weighted by atomic mass is 35.5. The second-order valence-corrected chi connectivity index (χ2v) is 7.04. The van der Waals surface area contributed by atoms with E-state index in [9.17, 15) is 8.42 Å². The van der Waals surface area contributed by atoms with Crippen LogP contribution in [0.25, 0.3) is 5.69 Å². The third-order valence-electron chi connectivity index (χ3n) is 2.61. The van der Waals surface area contributed by atoms with Crippen LogP contribution in [0.15, 0.2) is 47.6 Å². The summed E-state index contributed by atoms with van der Waals surface area (Å²) in [7, 11) is -3.59. The normalized spacial score (nSPS) is 12.0. The Labute approximate surface area is 130 Å². The van der Waals surface area contributed by atoms with Crippen LogP contribution < -0.4 is 10.5 Å². The lowest BCUT2D eigenvalue weighted by molar-refractivity contribution is 0.498. The monoisotopic (exact) mass is 330 g/mol. The number of hydrogen-bond acceptors (Lipinski definition) is 4. The third kappa shape index (κ3) is 4.82. The van der Waals surface area contributed by atoms with E-state index in [0.717, 1.165) is 5.69 Å². The molecule has 6 nitrogen and oxygen atoms in total. The highest BCUT2D eigenvalue weighted by molar-refractivity contribution is 7.89. The van der Waals surface area contributed by atoms with E-state index in [2.05, 4.69) is 9.82 Å². The quantitative estimate of drug-likeness (QED) is 0.865. The molecule has 2 rings (SSSR count). The first-order valence-electron chi connectivity index (χ1n) is 6.17. The maximum absolute atomic E-state index is 12.1. The first-order chi connectivity index (χ1) is 9.28. The molecule has 116 valence electrons. The SMILES string of the molecule is CC(C)(N)CNS(=O)(=O)c1cnn(-c2ccccc2)c1.Cl. The molecule has 0 unspecified atom stereocenters. The van der Waals surface area contributed by atoms with Gasteiger partial charge in [0.05, 0.1) is 18.1 Å². The van der Waals surface area contributed by atoms with Gasteiger partial charge >= 0.3 is 0 Å². The van der Waals surface area contributed by atoms with Gasteiger partial charge < -0.3 is 5.73 Å². The highest BCUT2D eigenvalue weighted by Crippen LogP contribution is 2.12. The summed E-state index contributed by atoms with van der Waals surface area (Å²) in [6.07, 6.45) is 2.79. The van der Waals surface area contributed by atoms with Crippen molar-refractivity contribution in [1.82, 2.24) is 14.5 Å². The number of benzene rings is 1. The van der Waals surface area contributed by atoms with Gasteiger partial charge in [0.15, 0.2) is 0 Å². The molecular weight excluding hydrogens is 312 g/mol. The lowest BCUT2D eigenvalue weighted by Crippen LogP contribution is -2.44. The number of halogens is 1. The van der Waals surface area contributed by atoms with Crippen molar-refractivity contribution >= 4 is 22.4 Å². The predicted octanol–water partition coefficient (Wildman–Crippen LogP) is 1.31. The Hall–Kier alpha value is -1.41. The Bertz CT molecular complexity index is 678. The number of para-hydroxylation sites is 1. The van der Waals surface area contributed by atoms with Crippen LogP contribution in [0, 0.1) is 0 Å². The van der Waals surface area contributed by atoms with Crippen molar-refractivity contribution in [3.8, 4) is 5.69 Å². The standard InChI is InChI=1S/C13H18N4O2S.ClH/c1-13(2,14)10-16-20(18,19)12-8-15-17(9-12)11-6-4-3-5-7-11;/h3-9,16H,10,14H2,1-2H3;1H. The summed E-state index contributed by atoms with van der Waals surface area (Å²) < 4.78 is 28.2. The molecule has 0 fully saturated rings. The molecule has 1 aromatic heterocycles. The fourth-order valence-electron chi connectivity index (χ4n) is 1.53. The van der Waals surface area contributed by atoms with E-state index in [-0.39, 0.29) is 23.8 Å². The Balaban J connectivity index is 0.00000220. The maximum Gasteiger partial charge on any atom is 0.243 e. The van der Waals surface area contributed by atoms with Gasteiger partial charge in [-0.15, -0.1) is 12.4 Å². The molecule has 3 N–H and O–H groups in total. The van der Waals surface area contributed by atoms with Crippen LogP contribution in [-0.4, -0.2) is 30.3 Å². The summed E-state index contributed by atoms with van der Waals surface area (Å²) in [6, 6.07) is 9.30. The number of hydrogen-bond donors (Lipinski definition) is 2. The fourth-order valence-corrected chi connectivity index (χ4v) is 2.68. The largest absolute Gasteiger partial charge is 0.324 e. The molecule has 2 aromatic rings. The van der Waals surface area contributed by atoms with Gasteiger partial charge in [-0.05, 0) is 26.0 Å². The number of nitrogens with zero attached hydrogens (tertiary/aromatic N) is 2. The van der Waals surface area contributed by atoms with E-state index in [1.54, 1.807) is 13.8 Å². The summed E-state index contributed by atoms with van der Waals surface area (Å²) >= 11 is 0. The van der Waals surface area contributed by atoms with E-state index in [4.69, 9.17) is 5.73 Å². The number of nitrogens with two attached hydrogens (primary N) is 1. The average molecular weight is 331 g/mol. The first kappa shape index (κ1) is 17.6. The summed E-state index contributed by atoms with van der Waals surface area (Å²) in [5, 5.41) is 4.06. The second kappa shape index (κ2) is 6.57. The molecule has 0 spiro atoms. The molecular formula is C13H19ClN4O2S. The van der Waals surface area contributed by atoms with Gasteiger partial charge in [0.1, 0.15) is 4.90 Å². The van der Waals surface area contributed by atoms with Crippen LogP contribution >= 0.6 is 12.4 Å². The van der Waals surface area contributed by atoms with E-state index >= 15 is 0 Å². The Morgan fingerprint density at radius 1 is 1.29 bits per heavy atom. The number of rotatable bonds is 5. The fraction of sp³-hybridized carbons (Fsp3) is 0.308. The molecule has 21 heavy (non-hydrogen) atoms. The zero-order valence-electron chi connectivity index (χ0n) is 11.9. The van der Waals surface area contributed by atoms with E-state index < -0.39 is 15.6 Å². The minimum absolute atomic E-state index is 0. The van der Waals surface area contributed by atoms with Gasteiger partial charge in [-0.25, -0.2) is 17.8 Å². The molecule has 0 saturated carbocycles. The van der Waals surface area contributed by atoms with E-state index in [1.807, 2.05) is 30.3 Å². The minimum atomic E-state index is -3.59. The Morgan fingerprint density at radius 2 is 1.90 bits per heavy atom. The van der Waals surface area contributed by atoms with Crippen molar-refractivity contribution in [1.29, 1.82) is 0 Å². The van der Waals surface area contributed by atoms with Crippen molar-refractivity contribution in [2.75, 3.05) is 6.54 Å². The van der Waals surface area contributed by atoms with Crippen molar-refractivity contribution in [3.63, 3.8) is 0 Å². The molecule has 0 aliphatic carbocycles. The summed E-state index contributed by atoms with van der Waals surface area (Å²) in [6.45, 7) is 3.66. The zero-order valence-corrected chi connectivity index (χ0v) is 13.5. The predicted molar refractivity (Wildman–Crippen MR) is 84.3 cm³/mol. The third-order valence-corrected chi connectivity index (χ3v) is 3.96. The van der Waals surface area contributed by atoms with Crippen LogP contribution in [0.4, 0.5) is 0 Å². The van der Waals surface area contributed by atoms with Gasteiger partial charge in [0, 0.05) is 12.1 Å². The molecule has 0 radical (unpaired) electrons. The Kier molecular flexibility index (Phi) is 5.52. The Morgan fingerprint density at radius 3 is 2.48 bits per heavy atom. The lowest BCUT2D eigenvalue weighted by Gasteiger charge is -2.18. The van der Waals surface area contributed by atoms with E-state index in [0.29, 0.717) is 0 Å². The van der Waals surface area contributed by atoms with Gasteiger partial charge in [0.25, 0.3) is 0 Å². The molecule has 1 aromatic carbocycles. The molecule has 1 heterocycles. The molecule has 0 bridgehead atoms. The smallest absolute Gasteiger partial charge is 0.243 e. The summed E-state index contributed by atoms with van der Waals surface area (Å²) in [5.41, 5.74) is 5.96. The minimum Gasteiger partial charge on any atom is -0.324 e. The topological polar surface area (TPSA) is 90.0 Å². The molecule has 0 aliphatic rings. The summed E-state index contributed by atoms with van der Waals surface area (Å²) in [4.78, 5) is 0.116. The second-order valence-electron chi connectivity index (χ2n) is 5.27. The van der Waals surface area contributed by atoms with Crippen molar-refractivity contribution in [2.45, 2.75) is 24.3 Å². The molecule has 0 amide bonds. The maximum atomic E-state index is 12.1. The summed E-state index contributed by atoms with van der Waals surface area (Å²) in [5.74, 6) is 0. The van der Waals surface area contributed by atoms with Crippen LogP contribution in [0.5, 0.6) is 0 Å². The molecule has 0 atom stereocenters. The number of nitrogens with one attached hydrogen (secondary N) is 1. The average Bonchev–Trinajstić information content (AvgIpc) is 2.87. The van der Waals surface area contributed by atoms with Gasteiger partial charge in [-0.1, -0.05) is 18.2 Å². The van der Waals surface area contributed by atoms with Gasteiger partial charge in [-0.2, -0.15) is 5.10 Å². The van der Waals surface area contributed by atoms with Crippen molar-refractivity contribution in [3.05, 3.63) is 42.7 Å². The van der Waals surface area contributed by atoms with Crippen molar-refractivity contribution < 1.29 is 8.42 Å². The highest BCUT2D eigenvalue weighted by Gasteiger charge is 2.20. The lowest BCUT2D eigenvalue weighted by atomic mass is 10.1. The van der Waals surface area contributed by atoms with Crippen LogP contribution in [0.2, 0.25) is 0 Å². The number of sulfonamides is 1. The van der Waals surface area contributed by atoms with Crippen LogP contribution in [-0.2, 0) is 10.0 Å². The molecule has 0 saturated heterocycles. The van der Waals surface area contributed by atoms with Gasteiger partial charge in [0.2, 0.25) is 10.0 Å². The number of aromatic nitrogens is 2. The van der Waals surface area contributed by atoms with Crippen LogP contribution in [0.3, 0.4) is 0 Å². The zero-order chi connectivity index (χ0) is 14.8. The first-order valence-corrected chi connectivity index (χ1v) is 7.65. The van der Waals surface area contributed by atoms with Crippen LogP contribution in [0.1, 0.15) is 13.8 Å².